The molecule has 88 valence electrons. The molecule has 1 aromatic heterocycles. The molecular formula is C12H8Cl3NO. The third kappa shape index (κ3) is 2.65. The number of pyridine rings is 1. The lowest BCUT2D eigenvalue weighted by Gasteiger charge is -2.08. The maximum atomic E-state index is 6.12. The fourth-order valence-corrected chi connectivity index (χ4v) is 2.15. The van der Waals surface area contributed by atoms with Crippen molar-refractivity contribution < 1.29 is 4.74 Å². The topological polar surface area (TPSA) is 22.1 Å². The standard InChI is InChI=1S/C12H8Cl3NO/c1-17-8-5-10(12(15)16-6-8)9-3-2-7(13)4-11(9)14/h2-6H,1H3. The van der Waals surface area contributed by atoms with E-state index in [4.69, 9.17) is 39.5 Å². The van der Waals surface area contributed by atoms with Crippen molar-refractivity contribution in [2.75, 3.05) is 7.11 Å². The molecule has 0 bridgehead atoms. The number of halogens is 3. The van der Waals surface area contributed by atoms with E-state index in [-0.39, 0.29) is 0 Å². The van der Waals surface area contributed by atoms with Gasteiger partial charge in [0.05, 0.1) is 13.3 Å². The summed E-state index contributed by atoms with van der Waals surface area (Å²) >= 11 is 18.0. The number of benzene rings is 1. The fraction of sp³-hybridized carbons (Fsp3) is 0.0833. The summed E-state index contributed by atoms with van der Waals surface area (Å²) in [6, 6.07) is 6.99. The smallest absolute Gasteiger partial charge is 0.137 e. The molecule has 0 saturated carbocycles. The van der Waals surface area contributed by atoms with Crippen LogP contribution in [0, 0.1) is 0 Å². The van der Waals surface area contributed by atoms with Crippen molar-refractivity contribution in [2.24, 2.45) is 0 Å². The molecule has 1 heterocycles. The average molecular weight is 289 g/mol. The van der Waals surface area contributed by atoms with Crippen molar-refractivity contribution in [3.8, 4) is 16.9 Å². The molecule has 0 fully saturated rings. The minimum Gasteiger partial charge on any atom is -0.495 e. The van der Waals surface area contributed by atoms with Crippen LogP contribution in [0.15, 0.2) is 30.5 Å². The molecule has 0 aliphatic heterocycles. The Bertz CT molecular complexity index is 557. The second kappa shape index (κ2) is 5.13. The lowest BCUT2D eigenvalue weighted by molar-refractivity contribution is 0.413. The Morgan fingerprint density at radius 2 is 1.82 bits per heavy atom. The van der Waals surface area contributed by atoms with Crippen molar-refractivity contribution in [2.45, 2.75) is 0 Å². The summed E-state index contributed by atoms with van der Waals surface area (Å²) in [6.45, 7) is 0. The summed E-state index contributed by atoms with van der Waals surface area (Å²) in [4.78, 5) is 4.04. The van der Waals surface area contributed by atoms with Crippen LogP contribution in [0.1, 0.15) is 0 Å². The van der Waals surface area contributed by atoms with E-state index in [9.17, 15) is 0 Å². The predicted molar refractivity (Wildman–Crippen MR) is 71.3 cm³/mol. The van der Waals surface area contributed by atoms with Gasteiger partial charge < -0.3 is 4.74 Å². The van der Waals surface area contributed by atoms with E-state index in [1.807, 2.05) is 0 Å². The summed E-state index contributed by atoms with van der Waals surface area (Å²) in [7, 11) is 1.57. The first-order chi connectivity index (χ1) is 8.11. The molecule has 0 aliphatic carbocycles. The van der Waals surface area contributed by atoms with Gasteiger partial charge >= 0.3 is 0 Å². The van der Waals surface area contributed by atoms with Gasteiger partial charge in [-0.25, -0.2) is 4.98 Å². The van der Waals surface area contributed by atoms with Crippen molar-refractivity contribution in [3.05, 3.63) is 45.7 Å². The quantitative estimate of drug-likeness (QED) is 0.746. The Balaban J connectivity index is 2.59. The van der Waals surface area contributed by atoms with Crippen molar-refractivity contribution >= 4 is 34.8 Å². The third-order valence-electron chi connectivity index (χ3n) is 2.27. The highest BCUT2D eigenvalue weighted by atomic mass is 35.5. The van der Waals surface area contributed by atoms with Gasteiger partial charge in [0.1, 0.15) is 10.9 Å². The molecule has 2 rings (SSSR count). The fourth-order valence-electron chi connectivity index (χ4n) is 1.44. The molecule has 17 heavy (non-hydrogen) atoms. The second-order valence-corrected chi connectivity index (χ2v) is 4.54. The molecule has 0 amide bonds. The van der Waals surface area contributed by atoms with E-state index < -0.39 is 0 Å². The van der Waals surface area contributed by atoms with Crippen LogP contribution in [-0.2, 0) is 0 Å². The van der Waals surface area contributed by atoms with Gasteiger partial charge in [-0.05, 0) is 18.2 Å². The minimum absolute atomic E-state index is 0.370. The van der Waals surface area contributed by atoms with E-state index in [1.165, 1.54) is 0 Å². The lowest BCUT2D eigenvalue weighted by Crippen LogP contribution is -1.89. The second-order valence-electron chi connectivity index (χ2n) is 3.34. The Labute approximate surface area is 114 Å². The van der Waals surface area contributed by atoms with Gasteiger partial charge in [0, 0.05) is 21.2 Å². The van der Waals surface area contributed by atoms with Gasteiger partial charge in [0.15, 0.2) is 0 Å². The molecule has 0 unspecified atom stereocenters. The Morgan fingerprint density at radius 3 is 2.47 bits per heavy atom. The lowest BCUT2D eigenvalue weighted by atomic mass is 10.1. The van der Waals surface area contributed by atoms with E-state index in [0.29, 0.717) is 26.5 Å². The third-order valence-corrected chi connectivity index (χ3v) is 3.12. The molecule has 5 heteroatoms. The number of methoxy groups -OCH3 is 1. The van der Waals surface area contributed by atoms with Gasteiger partial charge in [-0.3, -0.25) is 0 Å². The van der Waals surface area contributed by atoms with Crippen LogP contribution in [0.5, 0.6) is 5.75 Å². The first-order valence-electron chi connectivity index (χ1n) is 4.77. The molecule has 2 aromatic rings. The number of ether oxygens (including phenoxy) is 1. The summed E-state index contributed by atoms with van der Waals surface area (Å²) in [5, 5.41) is 1.47. The van der Waals surface area contributed by atoms with E-state index in [1.54, 1.807) is 37.6 Å². The number of hydrogen-bond acceptors (Lipinski definition) is 2. The van der Waals surface area contributed by atoms with Crippen LogP contribution in [0.3, 0.4) is 0 Å². The molecule has 0 aliphatic rings. The minimum atomic E-state index is 0.370. The molecule has 0 radical (unpaired) electrons. The maximum Gasteiger partial charge on any atom is 0.137 e. The van der Waals surface area contributed by atoms with Crippen LogP contribution >= 0.6 is 34.8 Å². The first-order valence-corrected chi connectivity index (χ1v) is 5.90. The number of hydrogen-bond donors (Lipinski definition) is 0. The number of nitrogens with zero attached hydrogens (tertiary/aromatic N) is 1. The largest absolute Gasteiger partial charge is 0.495 e. The molecule has 1 aromatic carbocycles. The van der Waals surface area contributed by atoms with Gasteiger partial charge in [-0.1, -0.05) is 40.9 Å². The van der Waals surface area contributed by atoms with E-state index in [0.717, 1.165) is 5.56 Å². The summed E-state index contributed by atoms with van der Waals surface area (Å²) in [5.74, 6) is 0.621. The molecule has 0 N–H and O–H groups in total. The number of rotatable bonds is 2. The zero-order valence-corrected chi connectivity index (χ0v) is 11.1. The molecule has 0 saturated heterocycles. The van der Waals surface area contributed by atoms with Crippen LogP contribution in [0.25, 0.3) is 11.1 Å². The van der Waals surface area contributed by atoms with Crippen molar-refractivity contribution in [1.82, 2.24) is 4.98 Å². The highest BCUT2D eigenvalue weighted by Gasteiger charge is 2.10. The Hall–Kier alpha value is -0.960. The highest BCUT2D eigenvalue weighted by molar-refractivity contribution is 6.37. The van der Waals surface area contributed by atoms with E-state index in [2.05, 4.69) is 4.98 Å². The highest BCUT2D eigenvalue weighted by Crippen LogP contribution is 2.35. The average Bonchev–Trinajstić information content (AvgIpc) is 2.30. The molecule has 0 atom stereocenters. The SMILES string of the molecule is COc1cnc(Cl)c(-c2ccc(Cl)cc2Cl)c1. The normalized spacial score (nSPS) is 10.4. The van der Waals surface area contributed by atoms with E-state index >= 15 is 0 Å². The monoisotopic (exact) mass is 287 g/mol. The molecular weight excluding hydrogens is 280 g/mol. The van der Waals surface area contributed by atoms with Crippen LogP contribution < -0.4 is 4.74 Å². The summed E-state index contributed by atoms with van der Waals surface area (Å²) < 4.78 is 5.10. The summed E-state index contributed by atoms with van der Waals surface area (Å²) in [5.41, 5.74) is 1.49. The Morgan fingerprint density at radius 1 is 1.06 bits per heavy atom. The van der Waals surface area contributed by atoms with Crippen LogP contribution in [-0.4, -0.2) is 12.1 Å². The maximum absolute atomic E-state index is 6.12. The molecule has 2 nitrogen and oxygen atoms in total. The van der Waals surface area contributed by atoms with Gasteiger partial charge in [0.2, 0.25) is 0 Å². The van der Waals surface area contributed by atoms with Crippen molar-refractivity contribution in [1.29, 1.82) is 0 Å². The zero-order valence-electron chi connectivity index (χ0n) is 8.88. The van der Waals surface area contributed by atoms with Gasteiger partial charge in [-0.15, -0.1) is 0 Å². The first kappa shape index (κ1) is 12.5. The van der Waals surface area contributed by atoms with Crippen molar-refractivity contribution in [3.63, 3.8) is 0 Å². The Kier molecular flexibility index (Phi) is 3.77. The summed E-state index contributed by atoms with van der Waals surface area (Å²) in [6.07, 6.45) is 1.55. The predicted octanol–water partition coefficient (Wildman–Crippen LogP) is 4.72. The zero-order chi connectivity index (χ0) is 12.4. The molecule has 0 spiro atoms. The number of aromatic nitrogens is 1. The van der Waals surface area contributed by atoms with Crippen LogP contribution in [0.2, 0.25) is 15.2 Å². The van der Waals surface area contributed by atoms with Crippen LogP contribution in [0.4, 0.5) is 0 Å². The van der Waals surface area contributed by atoms with Gasteiger partial charge in [-0.2, -0.15) is 0 Å². The van der Waals surface area contributed by atoms with Gasteiger partial charge in [0.25, 0.3) is 0 Å².